The van der Waals surface area contributed by atoms with E-state index >= 15 is 0 Å². The van der Waals surface area contributed by atoms with Gasteiger partial charge in [-0.1, -0.05) is 36.4 Å². The summed E-state index contributed by atoms with van der Waals surface area (Å²) in [6.07, 6.45) is 0. The zero-order chi connectivity index (χ0) is 20.1. The maximum absolute atomic E-state index is 9.69. The van der Waals surface area contributed by atoms with Crippen molar-refractivity contribution >= 4 is 75.6 Å². The quantitative estimate of drug-likeness (QED) is 0.295. The molecule has 0 aliphatic heterocycles. The van der Waals surface area contributed by atoms with E-state index in [9.17, 15) is 15.8 Å². The van der Waals surface area contributed by atoms with Crippen molar-refractivity contribution in [2.45, 2.75) is 0 Å². The van der Waals surface area contributed by atoms with Crippen molar-refractivity contribution in [3.05, 3.63) is 59.0 Å². The van der Waals surface area contributed by atoms with Crippen molar-refractivity contribution in [2.75, 3.05) is 0 Å². The number of furan rings is 2. The summed E-state index contributed by atoms with van der Waals surface area (Å²) < 4.78 is 12.7. The average Bonchev–Trinajstić information content (AvgIpc) is 3.32. The summed E-state index contributed by atoms with van der Waals surface area (Å²) >= 11 is 1.99. The first kappa shape index (κ1) is 17.3. The van der Waals surface area contributed by atoms with Crippen LogP contribution in [0.25, 0.3) is 53.0 Å². The van der Waals surface area contributed by atoms with Crippen molar-refractivity contribution in [1.82, 2.24) is 0 Å². The average molecular weight is 485 g/mol. The van der Waals surface area contributed by atoms with Gasteiger partial charge in [0.25, 0.3) is 0 Å². The molecule has 0 saturated carbocycles. The number of nitrogens with zero attached hydrogens (tertiary/aromatic N) is 3. The highest BCUT2D eigenvalue weighted by molar-refractivity contribution is 14.1. The normalized spacial score (nSPS) is 12.1. The largest absolute Gasteiger partial charge is 0.455 e. The lowest BCUT2D eigenvalue weighted by Crippen LogP contribution is -2.15. The highest BCUT2D eigenvalue weighted by atomic mass is 127. The van der Waals surface area contributed by atoms with Crippen molar-refractivity contribution in [3.63, 3.8) is 0 Å². The van der Waals surface area contributed by atoms with Crippen molar-refractivity contribution in [1.29, 1.82) is 15.8 Å². The minimum absolute atomic E-state index is 0.0656. The van der Waals surface area contributed by atoms with Crippen LogP contribution in [0, 0.1) is 34.0 Å². The number of hydrogen-bond acceptors (Lipinski definition) is 5. The summed E-state index contributed by atoms with van der Waals surface area (Å²) in [6.45, 7) is 0. The second kappa shape index (κ2) is 6.38. The van der Waals surface area contributed by atoms with Crippen LogP contribution < -0.4 is 10.4 Å². The Hall–Kier alpha value is -3.80. The molecule has 0 spiro atoms. The monoisotopic (exact) mass is 485 g/mol. The first-order valence-electron chi connectivity index (χ1n) is 8.58. The third kappa shape index (κ3) is 2.29. The lowest BCUT2D eigenvalue weighted by atomic mass is 10.0. The molecule has 2 aromatic heterocycles. The Labute approximate surface area is 177 Å². The number of halogens is 1. The maximum Gasteiger partial charge on any atom is 0.146 e. The van der Waals surface area contributed by atoms with Crippen molar-refractivity contribution in [3.8, 4) is 18.2 Å². The van der Waals surface area contributed by atoms with E-state index in [4.69, 9.17) is 8.83 Å². The minimum Gasteiger partial charge on any atom is -0.455 e. The molecule has 5 rings (SSSR count). The summed E-state index contributed by atoms with van der Waals surface area (Å²) in [4.78, 5) is 0. The van der Waals surface area contributed by atoms with Gasteiger partial charge < -0.3 is 8.83 Å². The summed E-state index contributed by atoms with van der Waals surface area (Å²) in [5, 5.41) is 32.8. The van der Waals surface area contributed by atoms with Crippen LogP contribution in [0.4, 0.5) is 0 Å². The smallest absolute Gasteiger partial charge is 0.146 e. The first-order valence-corrected chi connectivity index (χ1v) is 9.66. The Bertz CT molecular complexity index is 1730. The van der Waals surface area contributed by atoms with Gasteiger partial charge in [-0.05, 0) is 34.7 Å². The van der Waals surface area contributed by atoms with E-state index < -0.39 is 0 Å². The van der Waals surface area contributed by atoms with E-state index in [-0.39, 0.29) is 5.57 Å². The molecular formula is C23H8IN3O2. The van der Waals surface area contributed by atoms with E-state index in [1.54, 1.807) is 0 Å². The fourth-order valence-corrected chi connectivity index (χ4v) is 4.32. The SMILES string of the molecule is N#CC(C#N)=c1c2oc3ccccc3c2/c(=C(/I)C#N)c2oc3ccccc3c12. The lowest BCUT2D eigenvalue weighted by molar-refractivity contribution is 0.660. The van der Waals surface area contributed by atoms with Gasteiger partial charge in [0, 0.05) is 21.5 Å². The number of fused-ring (bicyclic) bond motifs is 6. The highest BCUT2D eigenvalue weighted by Crippen LogP contribution is 2.32. The molecule has 3 aromatic carbocycles. The van der Waals surface area contributed by atoms with E-state index in [1.165, 1.54) is 0 Å². The van der Waals surface area contributed by atoms with Crippen LogP contribution in [0.15, 0.2) is 57.4 Å². The molecular weight excluding hydrogens is 477 g/mol. The van der Waals surface area contributed by atoms with Gasteiger partial charge in [-0.25, -0.2) is 0 Å². The van der Waals surface area contributed by atoms with Crippen molar-refractivity contribution < 1.29 is 8.83 Å². The molecule has 0 aliphatic rings. The van der Waals surface area contributed by atoms with E-state index in [1.807, 2.05) is 83.3 Å². The lowest BCUT2D eigenvalue weighted by Gasteiger charge is -1.99. The second-order valence-corrected chi connectivity index (χ2v) is 7.46. The molecule has 5 nitrogen and oxygen atoms in total. The molecule has 134 valence electrons. The predicted molar refractivity (Wildman–Crippen MR) is 118 cm³/mol. The molecule has 5 aromatic rings. The van der Waals surface area contributed by atoms with Crippen molar-refractivity contribution in [2.24, 2.45) is 0 Å². The predicted octanol–water partition coefficient (Wildman–Crippen LogP) is 4.75. The van der Waals surface area contributed by atoms with Crippen LogP contribution >= 0.6 is 22.6 Å². The molecule has 0 unspecified atom stereocenters. The Morgan fingerprint density at radius 1 is 0.690 bits per heavy atom. The Kier molecular flexibility index (Phi) is 3.81. The summed E-state index contributed by atoms with van der Waals surface area (Å²) in [7, 11) is 0. The van der Waals surface area contributed by atoms with E-state index in [2.05, 4.69) is 6.07 Å². The Balaban J connectivity index is 2.36. The summed E-state index contributed by atoms with van der Waals surface area (Å²) in [5.41, 5.74) is 2.03. The topological polar surface area (TPSA) is 97.6 Å². The number of hydrogen-bond donors (Lipinski definition) is 0. The third-order valence-corrected chi connectivity index (χ3v) is 5.72. The van der Waals surface area contributed by atoms with Crippen LogP contribution in [0.2, 0.25) is 0 Å². The standard InChI is InChI=1S/C23H8IN3O2/c24-15(11-27)21-20-14-6-2-4-8-17(14)28-22(20)18(12(9-25)10-26)19-13-5-1-3-7-16(13)29-23(19)21/h1-8H/b21-15-. The maximum atomic E-state index is 9.69. The van der Waals surface area contributed by atoms with E-state index in [0.717, 1.165) is 10.8 Å². The third-order valence-electron chi connectivity index (χ3n) is 4.94. The first-order chi connectivity index (χ1) is 14.2. The zero-order valence-corrected chi connectivity index (χ0v) is 16.8. The van der Waals surface area contributed by atoms with Crippen LogP contribution in [-0.4, -0.2) is 0 Å². The molecule has 0 amide bonds. The number of rotatable bonds is 0. The Morgan fingerprint density at radius 2 is 1.17 bits per heavy atom. The number of nitriles is 3. The fourth-order valence-electron chi connectivity index (χ4n) is 3.81. The fraction of sp³-hybridized carbons (Fsp3) is 0. The van der Waals surface area contributed by atoms with E-state index in [0.29, 0.717) is 47.1 Å². The van der Waals surface area contributed by atoms with Gasteiger partial charge in [0.1, 0.15) is 49.7 Å². The molecule has 0 atom stereocenters. The van der Waals surface area contributed by atoms with Crippen LogP contribution in [0.1, 0.15) is 0 Å². The van der Waals surface area contributed by atoms with Gasteiger partial charge in [-0.15, -0.1) is 0 Å². The zero-order valence-electron chi connectivity index (χ0n) is 14.7. The Morgan fingerprint density at radius 3 is 1.69 bits per heavy atom. The highest BCUT2D eigenvalue weighted by Gasteiger charge is 2.22. The number of benzene rings is 3. The molecule has 0 radical (unpaired) electrons. The molecule has 6 heteroatoms. The minimum atomic E-state index is -0.0656. The van der Waals surface area contributed by atoms with Gasteiger partial charge in [-0.3, -0.25) is 0 Å². The van der Waals surface area contributed by atoms with Gasteiger partial charge >= 0.3 is 0 Å². The molecule has 0 aliphatic carbocycles. The summed E-state index contributed by atoms with van der Waals surface area (Å²) in [6, 6.07) is 21.0. The molecule has 29 heavy (non-hydrogen) atoms. The van der Waals surface area contributed by atoms with Gasteiger partial charge in [0.15, 0.2) is 0 Å². The molecule has 0 saturated heterocycles. The van der Waals surface area contributed by atoms with Gasteiger partial charge in [0.2, 0.25) is 0 Å². The van der Waals surface area contributed by atoms with Crippen LogP contribution in [0.5, 0.6) is 0 Å². The summed E-state index contributed by atoms with van der Waals surface area (Å²) in [5.74, 6) is 0. The number of para-hydroxylation sites is 2. The van der Waals surface area contributed by atoms with Gasteiger partial charge in [0.05, 0.1) is 10.4 Å². The molecule has 2 heterocycles. The van der Waals surface area contributed by atoms with Crippen LogP contribution in [0.3, 0.4) is 0 Å². The molecule has 0 N–H and O–H groups in total. The molecule has 0 bridgehead atoms. The molecule has 0 fully saturated rings. The van der Waals surface area contributed by atoms with Gasteiger partial charge in [-0.2, -0.15) is 15.8 Å². The van der Waals surface area contributed by atoms with Crippen LogP contribution in [-0.2, 0) is 0 Å². The second-order valence-electron chi connectivity index (χ2n) is 6.38.